The molecular weight excluding hydrogens is 210 g/mol. The second-order valence-electron chi connectivity index (χ2n) is 5.37. The zero-order valence-corrected chi connectivity index (χ0v) is 11.6. The van der Waals surface area contributed by atoms with Gasteiger partial charge in [0, 0.05) is 13.1 Å². The lowest BCUT2D eigenvalue weighted by Crippen LogP contribution is -2.32. The Morgan fingerprint density at radius 2 is 2.00 bits per heavy atom. The van der Waals surface area contributed by atoms with Crippen LogP contribution < -0.4 is 5.32 Å². The van der Waals surface area contributed by atoms with Gasteiger partial charge in [0.25, 0.3) is 0 Å². The first kappa shape index (κ1) is 12.5. The number of nitrogens with one attached hydrogen (secondary N) is 1. The van der Waals surface area contributed by atoms with Gasteiger partial charge in [0.1, 0.15) is 0 Å². The summed E-state index contributed by atoms with van der Waals surface area (Å²) < 4.78 is 1.97. The van der Waals surface area contributed by atoms with Crippen molar-refractivity contribution in [2.75, 3.05) is 5.32 Å². The molecule has 2 rings (SSSR count). The lowest BCUT2D eigenvalue weighted by atomic mass is 9.83. The summed E-state index contributed by atoms with van der Waals surface area (Å²) in [6.45, 7) is 6.55. The summed E-state index contributed by atoms with van der Waals surface area (Å²) in [7, 11) is 2.02. The fourth-order valence-corrected chi connectivity index (χ4v) is 3.05. The molecule has 0 bridgehead atoms. The van der Waals surface area contributed by atoms with Crippen LogP contribution in [0.25, 0.3) is 0 Å². The van der Waals surface area contributed by atoms with E-state index in [0.29, 0.717) is 6.04 Å². The predicted octanol–water partition coefficient (Wildman–Crippen LogP) is 3.42. The number of aryl methyl sites for hydroxylation is 2. The average Bonchev–Trinajstić information content (AvgIpc) is 2.57. The highest BCUT2D eigenvalue weighted by molar-refractivity contribution is 5.52. The molecule has 2 unspecified atom stereocenters. The molecule has 0 amide bonds. The molecule has 0 saturated heterocycles. The SMILES string of the molecule is CCC1CCCCC1Nc1c(C)nn(C)c1C. The molecule has 0 spiro atoms. The Kier molecular flexibility index (Phi) is 3.75. The quantitative estimate of drug-likeness (QED) is 0.870. The summed E-state index contributed by atoms with van der Waals surface area (Å²) in [5.74, 6) is 0.836. The summed E-state index contributed by atoms with van der Waals surface area (Å²) in [6.07, 6.45) is 6.75. The van der Waals surface area contributed by atoms with Crippen LogP contribution in [0.3, 0.4) is 0 Å². The molecule has 1 fully saturated rings. The molecule has 1 aliphatic rings. The van der Waals surface area contributed by atoms with Crippen molar-refractivity contribution >= 4 is 5.69 Å². The number of hydrogen-bond acceptors (Lipinski definition) is 2. The first-order valence-corrected chi connectivity index (χ1v) is 6.90. The van der Waals surface area contributed by atoms with E-state index >= 15 is 0 Å². The van der Waals surface area contributed by atoms with E-state index < -0.39 is 0 Å². The predicted molar refractivity (Wildman–Crippen MR) is 72.3 cm³/mol. The van der Waals surface area contributed by atoms with Crippen LogP contribution in [-0.2, 0) is 7.05 Å². The molecule has 1 aliphatic carbocycles. The van der Waals surface area contributed by atoms with Gasteiger partial charge in [-0.05, 0) is 32.6 Å². The maximum atomic E-state index is 4.48. The van der Waals surface area contributed by atoms with Crippen molar-refractivity contribution in [3.8, 4) is 0 Å². The second-order valence-corrected chi connectivity index (χ2v) is 5.37. The van der Waals surface area contributed by atoms with Gasteiger partial charge in [-0.1, -0.05) is 26.2 Å². The van der Waals surface area contributed by atoms with Crippen molar-refractivity contribution in [2.45, 2.75) is 58.9 Å². The molecule has 1 N–H and O–H groups in total. The molecule has 0 radical (unpaired) electrons. The van der Waals surface area contributed by atoms with Gasteiger partial charge in [0.05, 0.1) is 17.1 Å². The van der Waals surface area contributed by atoms with Gasteiger partial charge in [-0.3, -0.25) is 4.68 Å². The third-order valence-electron chi connectivity index (χ3n) is 4.27. The minimum absolute atomic E-state index is 0.648. The molecule has 1 heterocycles. The van der Waals surface area contributed by atoms with E-state index in [-0.39, 0.29) is 0 Å². The number of nitrogens with zero attached hydrogens (tertiary/aromatic N) is 2. The Bertz CT molecular complexity index is 381. The van der Waals surface area contributed by atoms with Crippen molar-refractivity contribution in [3.63, 3.8) is 0 Å². The fourth-order valence-electron chi connectivity index (χ4n) is 3.05. The van der Waals surface area contributed by atoms with Gasteiger partial charge >= 0.3 is 0 Å². The molecule has 17 heavy (non-hydrogen) atoms. The van der Waals surface area contributed by atoms with Crippen LogP contribution >= 0.6 is 0 Å². The van der Waals surface area contributed by atoms with E-state index in [0.717, 1.165) is 11.6 Å². The van der Waals surface area contributed by atoms with Crippen LogP contribution in [0, 0.1) is 19.8 Å². The van der Waals surface area contributed by atoms with Crippen LogP contribution in [0.15, 0.2) is 0 Å². The van der Waals surface area contributed by atoms with Gasteiger partial charge in [0.15, 0.2) is 0 Å². The fraction of sp³-hybridized carbons (Fsp3) is 0.786. The normalized spacial score (nSPS) is 24.9. The van der Waals surface area contributed by atoms with Crippen molar-refractivity contribution in [1.82, 2.24) is 9.78 Å². The Hall–Kier alpha value is -0.990. The lowest BCUT2D eigenvalue weighted by molar-refractivity contribution is 0.317. The monoisotopic (exact) mass is 235 g/mol. The molecule has 0 aromatic carbocycles. The summed E-state index contributed by atoms with van der Waals surface area (Å²) >= 11 is 0. The standard InChI is InChI=1S/C14H25N3/c1-5-12-8-6-7-9-13(12)15-14-10(2)16-17(4)11(14)3/h12-13,15H,5-9H2,1-4H3. The van der Waals surface area contributed by atoms with Gasteiger partial charge in [0.2, 0.25) is 0 Å². The van der Waals surface area contributed by atoms with Crippen molar-refractivity contribution in [2.24, 2.45) is 13.0 Å². The highest BCUT2D eigenvalue weighted by atomic mass is 15.3. The van der Waals surface area contributed by atoms with E-state index in [1.54, 1.807) is 0 Å². The molecule has 1 saturated carbocycles. The topological polar surface area (TPSA) is 29.9 Å². The van der Waals surface area contributed by atoms with Crippen LogP contribution in [0.5, 0.6) is 0 Å². The summed E-state index contributed by atoms with van der Waals surface area (Å²) in [5.41, 5.74) is 3.64. The lowest BCUT2D eigenvalue weighted by Gasteiger charge is -2.32. The molecule has 2 atom stereocenters. The number of hydrogen-bond donors (Lipinski definition) is 1. The first-order chi connectivity index (χ1) is 8.13. The van der Waals surface area contributed by atoms with Crippen molar-refractivity contribution in [3.05, 3.63) is 11.4 Å². The highest BCUT2D eigenvalue weighted by Gasteiger charge is 2.25. The van der Waals surface area contributed by atoms with Gasteiger partial charge in [-0.15, -0.1) is 0 Å². The smallest absolute Gasteiger partial charge is 0.0827 e. The molecular formula is C14H25N3. The van der Waals surface area contributed by atoms with E-state index in [1.807, 2.05) is 11.7 Å². The molecule has 96 valence electrons. The van der Waals surface area contributed by atoms with E-state index in [4.69, 9.17) is 0 Å². The number of anilines is 1. The van der Waals surface area contributed by atoms with Gasteiger partial charge in [-0.2, -0.15) is 5.10 Å². The Balaban J connectivity index is 2.13. The average molecular weight is 235 g/mol. The Morgan fingerprint density at radius 1 is 1.29 bits per heavy atom. The Labute approximate surface area is 105 Å². The molecule has 1 aromatic rings. The highest BCUT2D eigenvalue weighted by Crippen LogP contribution is 2.31. The summed E-state index contributed by atoms with van der Waals surface area (Å²) in [4.78, 5) is 0. The summed E-state index contributed by atoms with van der Waals surface area (Å²) in [5, 5.41) is 8.24. The summed E-state index contributed by atoms with van der Waals surface area (Å²) in [6, 6.07) is 0.648. The van der Waals surface area contributed by atoms with Crippen LogP contribution in [0.4, 0.5) is 5.69 Å². The van der Waals surface area contributed by atoms with Crippen LogP contribution in [0.2, 0.25) is 0 Å². The van der Waals surface area contributed by atoms with Crippen molar-refractivity contribution in [1.29, 1.82) is 0 Å². The first-order valence-electron chi connectivity index (χ1n) is 6.90. The Morgan fingerprint density at radius 3 is 2.59 bits per heavy atom. The maximum Gasteiger partial charge on any atom is 0.0827 e. The second kappa shape index (κ2) is 5.11. The van der Waals surface area contributed by atoms with Crippen LogP contribution in [-0.4, -0.2) is 15.8 Å². The number of rotatable bonds is 3. The molecule has 0 aliphatic heterocycles. The third kappa shape index (κ3) is 2.48. The van der Waals surface area contributed by atoms with Crippen molar-refractivity contribution < 1.29 is 0 Å². The van der Waals surface area contributed by atoms with E-state index in [2.05, 4.69) is 31.2 Å². The molecule has 3 heteroatoms. The third-order valence-corrected chi connectivity index (χ3v) is 4.27. The van der Waals surface area contributed by atoms with Crippen LogP contribution in [0.1, 0.15) is 50.4 Å². The molecule has 1 aromatic heterocycles. The largest absolute Gasteiger partial charge is 0.379 e. The van der Waals surface area contributed by atoms with E-state index in [1.165, 1.54) is 43.5 Å². The number of aromatic nitrogens is 2. The zero-order chi connectivity index (χ0) is 12.4. The van der Waals surface area contributed by atoms with Gasteiger partial charge in [-0.25, -0.2) is 0 Å². The zero-order valence-electron chi connectivity index (χ0n) is 11.6. The minimum atomic E-state index is 0.648. The maximum absolute atomic E-state index is 4.48. The van der Waals surface area contributed by atoms with Gasteiger partial charge < -0.3 is 5.32 Å². The van der Waals surface area contributed by atoms with E-state index in [9.17, 15) is 0 Å². The molecule has 3 nitrogen and oxygen atoms in total. The minimum Gasteiger partial charge on any atom is -0.379 e.